The quantitative estimate of drug-likeness (QED) is 0.899. The van der Waals surface area contributed by atoms with E-state index in [0.717, 1.165) is 15.8 Å². The van der Waals surface area contributed by atoms with Crippen LogP contribution in [0, 0.1) is 11.8 Å². The average Bonchev–Trinajstić information content (AvgIpc) is 2.28. The fourth-order valence-electron chi connectivity index (χ4n) is 1.76. The van der Waals surface area contributed by atoms with Crippen LogP contribution >= 0.6 is 15.9 Å². The van der Waals surface area contributed by atoms with Crippen LogP contribution < -0.4 is 4.74 Å². The highest BCUT2D eigenvalue weighted by atomic mass is 79.9. The van der Waals surface area contributed by atoms with Gasteiger partial charge >= 0.3 is 0 Å². The monoisotopic (exact) mass is 300 g/mol. The first-order valence-corrected chi connectivity index (χ1v) is 6.75. The molecule has 0 aromatic heterocycles. The van der Waals surface area contributed by atoms with Crippen LogP contribution in [0.25, 0.3) is 0 Å². The molecule has 0 aliphatic heterocycles. The minimum atomic E-state index is -0.335. The number of methoxy groups -OCH3 is 1. The van der Waals surface area contributed by atoms with Gasteiger partial charge in [0.15, 0.2) is 0 Å². The van der Waals surface area contributed by atoms with E-state index in [4.69, 9.17) is 4.74 Å². The second kappa shape index (κ2) is 6.41. The fraction of sp³-hybridized carbons (Fsp3) is 0.571. The molecule has 1 N–H and O–H groups in total. The molecule has 0 saturated heterocycles. The number of benzene rings is 1. The predicted octanol–water partition coefficient (Wildman–Crippen LogP) is 3.65. The summed E-state index contributed by atoms with van der Waals surface area (Å²) in [5.74, 6) is 1.59. The highest BCUT2D eigenvalue weighted by molar-refractivity contribution is 9.10. The van der Waals surface area contributed by atoms with Crippen LogP contribution in [0.15, 0.2) is 22.7 Å². The number of ether oxygens (including phenoxy) is 1. The van der Waals surface area contributed by atoms with Crippen molar-refractivity contribution in [2.45, 2.75) is 33.3 Å². The molecular formula is C14H21BrO2. The maximum Gasteiger partial charge on any atom is 0.122 e. The summed E-state index contributed by atoms with van der Waals surface area (Å²) < 4.78 is 6.32. The molecule has 1 aromatic rings. The van der Waals surface area contributed by atoms with Gasteiger partial charge in [0.05, 0.1) is 13.2 Å². The van der Waals surface area contributed by atoms with Gasteiger partial charge in [0.25, 0.3) is 0 Å². The minimum Gasteiger partial charge on any atom is -0.496 e. The van der Waals surface area contributed by atoms with E-state index in [1.165, 1.54) is 0 Å². The van der Waals surface area contributed by atoms with E-state index >= 15 is 0 Å². The van der Waals surface area contributed by atoms with Crippen LogP contribution in [0.2, 0.25) is 0 Å². The largest absolute Gasteiger partial charge is 0.496 e. The Morgan fingerprint density at radius 2 is 1.94 bits per heavy atom. The summed E-state index contributed by atoms with van der Waals surface area (Å²) in [7, 11) is 1.66. The Hall–Kier alpha value is -0.540. The second-order valence-corrected chi connectivity index (χ2v) is 5.75. The lowest BCUT2D eigenvalue weighted by molar-refractivity contribution is 0.0915. The van der Waals surface area contributed by atoms with Crippen molar-refractivity contribution in [1.29, 1.82) is 0 Å². The molecule has 0 bridgehead atoms. The van der Waals surface area contributed by atoms with Crippen molar-refractivity contribution in [3.05, 3.63) is 28.2 Å². The van der Waals surface area contributed by atoms with Crippen LogP contribution in [0.4, 0.5) is 0 Å². The molecule has 17 heavy (non-hydrogen) atoms. The van der Waals surface area contributed by atoms with Crippen molar-refractivity contribution < 1.29 is 9.84 Å². The molecule has 2 atom stereocenters. The van der Waals surface area contributed by atoms with Gasteiger partial charge in [-0.05, 0) is 35.6 Å². The normalized spacial score (nSPS) is 14.8. The Morgan fingerprint density at radius 3 is 2.47 bits per heavy atom. The second-order valence-electron chi connectivity index (χ2n) is 4.83. The van der Waals surface area contributed by atoms with Crippen LogP contribution in [-0.2, 0) is 6.42 Å². The molecule has 96 valence electrons. The maximum atomic E-state index is 10.2. The number of hydrogen-bond acceptors (Lipinski definition) is 2. The molecule has 0 heterocycles. The van der Waals surface area contributed by atoms with E-state index in [1.54, 1.807) is 7.11 Å². The Kier molecular flexibility index (Phi) is 5.47. The minimum absolute atomic E-state index is 0.277. The topological polar surface area (TPSA) is 29.5 Å². The van der Waals surface area contributed by atoms with E-state index in [2.05, 4.69) is 36.7 Å². The van der Waals surface area contributed by atoms with Gasteiger partial charge in [-0.25, -0.2) is 0 Å². The summed E-state index contributed by atoms with van der Waals surface area (Å²) in [5.41, 5.74) is 1.04. The first-order chi connectivity index (χ1) is 7.95. The molecule has 0 aliphatic rings. The molecule has 2 nitrogen and oxygen atoms in total. The number of aliphatic hydroxyl groups is 1. The lowest BCUT2D eigenvalue weighted by atomic mass is 9.88. The summed E-state index contributed by atoms with van der Waals surface area (Å²) in [5, 5.41) is 10.2. The molecule has 0 radical (unpaired) electrons. The van der Waals surface area contributed by atoms with Crippen molar-refractivity contribution in [3.8, 4) is 5.75 Å². The maximum absolute atomic E-state index is 10.2. The summed E-state index contributed by atoms with van der Waals surface area (Å²) in [6.45, 7) is 6.35. The molecule has 1 aromatic carbocycles. The van der Waals surface area contributed by atoms with E-state index < -0.39 is 0 Å². The van der Waals surface area contributed by atoms with Crippen LogP contribution in [0.1, 0.15) is 26.3 Å². The Labute approximate surface area is 112 Å². The molecule has 0 spiro atoms. The van der Waals surface area contributed by atoms with E-state index in [-0.39, 0.29) is 12.0 Å². The van der Waals surface area contributed by atoms with Crippen molar-refractivity contribution in [2.24, 2.45) is 11.8 Å². The molecule has 0 aliphatic carbocycles. The Morgan fingerprint density at radius 1 is 1.29 bits per heavy atom. The van der Waals surface area contributed by atoms with Gasteiger partial charge in [0, 0.05) is 10.9 Å². The van der Waals surface area contributed by atoms with Gasteiger partial charge in [-0.3, -0.25) is 0 Å². The lowest BCUT2D eigenvalue weighted by Crippen LogP contribution is -2.24. The number of halogens is 1. The zero-order chi connectivity index (χ0) is 13.0. The predicted molar refractivity (Wildman–Crippen MR) is 74.4 cm³/mol. The molecule has 0 saturated carbocycles. The molecule has 0 fully saturated rings. The van der Waals surface area contributed by atoms with Gasteiger partial charge in [-0.1, -0.05) is 36.7 Å². The van der Waals surface area contributed by atoms with Crippen LogP contribution in [0.5, 0.6) is 5.75 Å². The smallest absolute Gasteiger partial charge is 0.122 e. The summed E-state index contributed by atoms with van der Waals surface area (Å²) in [6.07, 6.45) is 0.292. The third kappa shape index (κ3) is 4.00. The third-order valence-corrected chi connectivity index (χ3v) is 3.82. The van der Waals surface area contributed by atoms with Gasteiger partial charge in [-0.15, -0.1) is 0 Å². The van der Waals surface area contributed by atoms with E-state index in [9.17, 15) is 5.11 Å². The average molecular weight is 301 g/mol. The summed E-state index contributed by atoms with van der Waals surface area (Å²) in [4.78, 5) is 0. The van der Waals surface area contributed by atoms with Gasteiger partial charge in [-0.2, -0.15) is 0 Å². The van der Waals surface area contributed by atoms with Gasteiger partial charge < -0.3 is 9.84 Å². The summed E-state index contributed by atoms with van der Waals surface area (Å²) in [6, 6.07) is 5.88. The van der Waals surface area contributed by atoms with E-state index in [0.29, 0.717) is 12.3 Å². The highest BCUT2D eigenvalue weighted by Crippen LogP contribution is 2.26. The zero-order valence-electron chi connectivity index (χ0n) is 10.9. The lowest BCUT2D eigenvalue weighted by Gasteiger charge is -2.23. The standard InChI is InChI=1S/C14H21BrO2/c1-9(2)10(3)13(16)8-11-7-12(15)5-6-14(11)17-4/h5-7,9-10,13,16H,8H2,1-4H3. The molecule has 1 rings (SSSR count). The van der Waals surface area contributed by atoms with Crippen LogP contribution in [0.3, 0.4) is 0 Å². The van der Waals surface area contributed by atoms with Crippen LogP contribution in [-0.4, -0.2) is 18.3 Å². The van der Waals surface area contributed by atoms with Gasteiger partial charge in [0.1, 0.15) is 5.75 Å². The number of hydrogen-bond donors (Lipinski definition) is 1. The zero-order valence-corrected chi connectivity index (χ0v) is 12.5. The van der Waals surface area contributed by atoms with Crippen molar-refractivity contribution in [2.75, 3.05) is 7.11 Å². The molecule has 0 amide bonds. The van der Waals surface area contributed by atoms with Crippen molar-refractivity contribution >= 4 is 15.9 Å². The van der Waals surface area contributed by atoms with Crippen molar-refractivity contribution in [1.82, 2.24) is 0 Å². The van der Waals surface area contributed by atoms with Gasteiger partial charge in [0.2, 0.25) is 0 Å². The molecule has 2 unspecified atom stereocenters. The molecule has 3 heteroatoms. The fourth-order valence-corrected chi connectivity index (χ4v) is 2.17. The molecular weight excluding hydrogens is 280 g/mol. The first kappa shape index (κ1) is 14.5. The Bertz CT molecular complexity index is 363. The number of rotatable bonds is 5. The number of aliphatic hydroxyl groups excluding tert-OH is 1. The SMILES string of the molecule is COc1ccc(Br)cc1CC(O)C(C)C(C)C. The highest BCUT2D eigenvalue weighted by Gasteiger charge is 2.19. The van der Waals surface area contributed by atoms with Crippen molar-refractivity contribution in [3.63, 3.8) is 0 Å². The van der Waals surface area contributed by atoms with E-state index in [1.807, 2.05) is 18.2 Å². The Balaban J connectivity index is 2.83. The first-order valence-electron chi connectivity index (χ1n) is 5.96. The summed E-state index contributed by atoms with van der Waals surface area (Å²) >= 11 is 3.44. The third-order valence-electron chi connectivity index (χ3n) is 3.33.